The number of hydrogen-bond donors (Lipinski definition) is 0. The Balaban J connectivity index is 2.56. The quantitative estimate of drug-likeness (QED) is 0.796. The lowest BCUT2D eigenvalue weighted by Crippen LogP contribution is -2.03. The molecule has 0 saturated heterocycles. The van der Waals surface area contributed by atoms with Gasteiger partial charge < -0.3 is 4.74 Å². The predicted molar refractivity (Wildman–Crippen MR) is 51.2 cm³/mol. The fourth-order valence-corrected chi connectivity index (χ4v) is 1.32. The number of alkyl halides is 2. The summed E-state index contributed by atoms with van der Waals surface area (Å²) >= 11 is 5.61. The van der Waals surface area contributed by atoms with E-state index in [-0.39, 0.29) is 16.4 Å². The maximum atomic E-state index is 12.0. The maximum Gasteiger partial charge on any atom is 0.387 e. The summed E-state index contributed by atoms with van der Waals surface area (Å²) in [7, 11) is 0. The predicted octanol–water partition coefficient (Wildman–Crippen LogP) is 2.88. The molecule has 0 N–H and O–H groups in total. The van der Waals surface area contributed by atoms with E-state index in [2.05, 4.69) is 14.7 Å². The van der Waals surface area contributed by atoms with E-state index in [1.165, 1.54) is 12.3 Å². The van der Waals surface area contributed by atoms with Crippen molar-refractivity contribution in [2.75, 3.05) is 0 Å². The van der Waals surface area contributed by atoms with Gasteiger partial charge in [-0.15, -0.1) is 0 Å². The van der Waals surface area contributed by atoms with Crippen molar-refractivity contribution in [3.05, 3.63) is 29.5 Å². The van der Waals surface area contributed by atoms with Crippen LogP contribution in [0.25, 0.3) is 11.0 Å². The van der Waals surface area contributed by atoms with Crippen molar-refractivity contribution < 1.29 is 13.5 Å². The Kier molecular flexibility index (Phi) is 2.64. The van der Waals surface area contributed by atoms with Crippen LogP contribution in [0.1, 0.15) is 0 Å². The molecule has 0 fully saturated rings. The first-order chi connectivity index (χ1) is 7.16. The highest BCUT2D eigenvalue weighted by Gasteiger charge is 2.09. The minimum absolute atomic E-state index is 0.00772. The van der Waals surface area contributed by atoms with Crippen LogP contribution in [-0.4, -0.2) is 16.6 Å². The monoisotopic (exact) mass is 230 g/mol. The first-order valence-electron chi connectivity index (χ1n) is 4.03. The Morgan fingerprint density at radius 2 is 2.13 bits per heavy atom. The van der Waals surface area contributed by atoms with E-state index in [0.717, 1.165) is 0 Å². The highest BCUT2D eigenvalue weighted by Crippen LogP contribution is 2.24. The summed E-state index contributed by atoms with van der Waals surface area (Å²) in [5, 5.41) is 0.205. The normalized spacial score (nSPS) is 10.9. The lowest BCUT2D eigenvalue weighted by Gasteiger charge is -2.06. The number of benzene rings is 1. The molecule has 0 aliphatic carbocycles. The zero-order valence-corrected chi connectivity index (χ0v) is 8.08. The summed E-state index contributed by atoms with van der Waals surface area (Å²) in [5.41, 5.74) is 0.683. The molecule has 0 aliphatic rings. The van der Waals surface area contributed by atoms with Gasteiger partial charge in [-0.05, 0) is 12.1 Å². The molecule has 15 heavy (non-hydrogen) atoms. The van der Waals surface area contributed by atoms with E-state index >= 15 is 0 Å². The molecule has 1 aromatic heterocycles. The number of aromatic nitrogens is 2. The molecule has 2 aromatic rings. The molecule has 0 atom stereocenters. The third-order valence-corrected chi connectivity index (χ3v) is 1.90. The zero-order valence-electron chi connectivity index (χ0n) is 7.32. The average Bonchev–Trinajstić information content (AvgIpc) is 2.16. The van der Waals surface area contributed by atoms with Crippen molar-refractivity contribution in [1.82, 2.24) is 9.97 Å². The Bertz CT molecular complexity index is 492. The van der Waals surface area contributed by atoms with Crippen LogP contribution < -0.4 is 4.74 Å². The van der Waals surface area contributed by atoms with Crippen molar-refractivity contribution in [2.45, 2.75) is 6.61 Å². The Hall–Kier alpha value is -1.49. The second-order valence-electron chi connectivity index (χ2n) is 2.70. The molecule has 0 spiro atoms. The molecule has 0 amide bonds. The van der Waals surface area contributed by atoms with Crippen LogP contribution in [0.15, 0.2) is 24.4 Å². The van der Waals surface area contributed by atoms with Crippen molar-refractivity contribution in [1.29, 1.82) is 0 Å². The molecule has 0 bridgehead atoms. The number of nitrogens with zero attached hydrogens (tertiary/aromatic N) is 2. The second-order valence-corrected chi connectivity index (χ2v) is 3.08. The molecule has 0 unspecified atom stereocenters. The van der Waals surface area contributed by atoms with E-state index in [1.807, 2.05) is 0 Å². The van der Waals surface area contributed by atoms with Crippen molar-refractivity contribution in [3.8, 4) is 5.75 Å². The number of hydrogen-bond acceptors (Lipinski definition) is 3. The van der Waals surface area contributed by atoms with Gasteiger partial charge in [0.25, 0.3) is 0 Å². The van der Waals surface area contributed by atoms with E-state index in [0.29, 0.717) is 5.52 Å². The lowest BCUT2D eigenvalue weighted by atomic mass is 10.3. The van der Waals surface area contributed by atoms with E-state index in [1.54, 1.807) is 12.1 Å². The van der Waals surface area contributed by atoms with Crippen LogP contribution in [-0.2, 0) is 0 Å². The molecule has 0 radical (unpaired) electrons. The number of rotatable bonds is 2. The minimum atomic E-state index is -2.88. The van der Waals surface area contributed by atoms with Gasteiger partial charge in [-0.2, -0.15) is 8.78 Å². The van der Waals surface area contributed by atoms with Crippen LogP contribution in [0.4, 0.5) is 8.78 Å². The molecule has 2 rings (SSSR count). The molecular formula is C9H5ClF2N2O. The number of ether oxygens (including phenoxy) is 1. The van der Waals surface area contributed by atoms with E-state index in [4.69, 9.17) is 11.6 Å². The highest BCUT2D eigenvalue weighted by molar-refractivity contribution is 6.29. The number of halogens is 3. The number of fused-ring (bicyclic) bond motifs is 1. The number of para-hydroxylation sites is 1. The SMILES string of the molecule is FC(F)Oc1cccc2nc(Cl)cnc12. The molecule has 78 valence electrons. The Labute approximate surface area is 88.7 Å². The van der Waals surface area contributed by atoms with E-state index < -0.39 is 6.61 Å². The Morgan fingerprint density at radius 1 is 1.33 bits per heavy atom. The molecule has 3 nitrogen and oxygen atoms in total. The van der Waals surface area contributed by atoms with Crippen molar-refractivity contribution in [3.63, 3.8) is 0 Å². The molecule has 1 heterocycles. The maximum absolute atomic E-state index is 12.0. The molecule has 0 aliphatic heterocycles. The third-order valence-electron chi connectivity index (χ3n) is 1.72. The van der Waals surface area contributed by atoms with Gasteiger partial charge in [0, 0.05) is 0 Å². The van der Waals surface area contributed by atoms with Crippen LogP contribution in [0, 0.1) is 0 Å². The van der Waals surface area contributed by atoms with Gasteiger partial charge in [0.05, 0.1) is 11.7 Å². The average molecular weight is 231 g/mol. The van der Waals surface area contributed by atoms with Crippen LogP contribution in [0.5, 0.6) is 5.75 Å². The van der Waals surface area contributed by atoms with Crippen LogP contribution in [0.2, 0.25) is 5.15 Å². The Morgan fingerprint density at radius 3 is 2.87 bits per heavy atom. The van der Waals surface area contributed by atoms with Gasteiger partial charge >= 0.3 is 6.61 Å². The smallest absolute Gasteiger partial charge is 0.387 e. The van der Waals surface area contributed by atoms with Gasteiger partial charge in [-0.1, -0.05) is 17.7 Å². The first kappa shape index (κ1) is 10.0. The highest BCUT2D eigenvalue weighted by atomic mass is 35.5. The fraction of sp³-hybridized carbons (Fsp3) is 0.111. The van der Waals surface area contributed by atoms with Gasteiger partial charge in [0.1, 0.15) is 10.7 Å². The molecule has 6 heteroatoms. The van der Waals surface area contributed by atoms with Gasteiger partial charge in [-0.25, -0.2) is 9.97 Å². The molecular weight excluding hydrogens is 226 g/mol. The largest absolute Gasteiger partial charge is 0.432 e. The third kappa shape index (κ3) is 2.12. The summed E-state index contributed by atoms with van der Waals surface area (Å²) in [6.45, 7) is -2.88. The first-order valence-corrected chi connectivity index (χ1v) is 4.40. The fourth-order valence-electron chi connectivity index (χ4n) is 1.18. The summed E-state index contributed by atoms with van der Waals surface area (Å²) in [6.07, 6.45) is 1.28. The lowest BCUT2D eigenvalue weighted by molar-refractivity contribution is -0.0489. The van der Waals surface area contributed by atoms with Crippen LogP contribution in [0.3, 0.4) is 0 Å². The minimum Gasteiger partial charge on any atom is -0.432 e. The summed E-state index contributed by atoms with van der Waals surface area (Å²) in [4.78, 5) is 7.80. The van der Waals surface area contributed by atoms with E-state index in [9.17, 15) is 8.78 Å². The summed E-state index contributed by atoms with van der Waals surface area (Å²) < 4.78 is 28.4. The van der Waals surface area contributed by atoms with Crippen molar-refractivity contribution in [2.24, 2.45) is 0 Å². The van der Waals surface area contributed by atoms with Crippen molar-refractivity contribution >= 4 is 22.6 Å². The second kappa shape index (κ2) is 3.94. The molecule has 0 saturated carbocycles. The zero-order chi connectivity index (χ0) is 10.8. The van der Waals surface area contributed by atoms with Crippen LogP contribution >= 0.6 is 11.6 Å². The van der Waals surface area contributed by atoms with Gasteiger partial charge in [0.15, 0.2) is 5.75 Å². The standard InChI is InChI=1S/C9H5ClF2N2O/c10-7-4-13-8-5(14-7)2-1-3-6(8)15-9(11)12/h1-4,9H. The summed E-state index contributed by atoms with van der Waals surface area (Å²) in [6, 6.07) is 4.56. The molecule has 1 aromatic carbocycles. The summed E-state index contributed by atoms with van der Waals surface area (Å²) in [5.74, 6) is -0.00772. The topological polar surface area (TPSA) is 35.0 Å². The van der Waals surface area contributed by atoms with Gasteiger partial charge in [0.2, 0.25) is 0 Å². The van der Waals surface area contributed by atoms with Gasteiger partial charge in [-0.3, -0.25) is 0 Å².